The summed E-state index contributed by atoms with van der Waals surface area (Å²) in [6, 6.07) is 10.3. The first-order valence-corrected chi connectivity index (χ1v) is 7.64. The summed E-state index contributed by atoms with van der Waals surface area (Å²) in [7, 11) is 0. The maximum atomic E-state index is 5.41. The summed E-state index contributed by atoms with van der Waals surface area (Å²) in [5, 5.41) is 8.24. The van der Waals surface area contributed by atoms with E-state index in [4.69, 9.17) is 4.74 Å². The molecule has 1 aromatic heterocycles. The summed E-state index contributed by atoms with van der Waals surface area (Å²) >= 11 is 0. The molecule has 1 atom stereocenters. The lowest BCUT2D eigenvalue weighted by atomic mass is 10.1. The van der Waals surface area contributed by atoms with Crippen LogP contribution in [0.25, 0.3) is 5.69 Å². The van der Waals surface area contributed by atoms with Crippen LogP contribution in [-0.2, 0) is 11.3 Å². The molecular weight excluding hydrogens is 262 g/mol. The van der Waals surface area contributed by atoms with Gasteiger partial charge in [-0.25, -0.2) is 4.68 Å². The fraction of sp³-hybridized carbons (Fsp3) is 0.471. The highest BCUT2D eigenvalue weighted by molar-refractivity contribution is 5.36. The third kappa shape index (κ3) is 3.17. The zero-order valence-corrected chi connectivity index (χ0v) is 12.8. The quantitative estimate of drug-likeness (QED) is 0.918. The number of hydrogen-bond donors (Lipinski definition) is 1. The van der Waals surface area contributed by atoms with E-state index in [0.29, 0.717) is 5.92 Å². The van der Waals surface area contributed by atoms with Gasteiger partial charge in [0, 0.05) is 31.0 Å². The molecule has 1 fully saturated rings. The molecule has 0 amide bonds. The molecule has 21 heavy (non-hydrogen) atoms. The average molecular weight is 285 g/mol. The molecule has 1 aromatic carbocycles. The van der Waals surface area contributed by atoms with Crippen LogP contribution in [0.4, 0.5) is 0 Å². The van der Waals surface area contributed by atoms with Crippen molar-refractivity contribution in [2.45, 2.75) is 26.8 Å². The number of aryl methyl sites for hydroxylation is 1. The Morgan fingerprint density at radius 3 is 2.81 bits per heavy atom. The number of benzene rings is 1. The molecule has 1 aliphatic heterocycles. The third-order valence-corrected chi connectivity index (χ3v) is 4.20. The molecule has 0 aliphatic carbocycles. The van der Waals surface area contributed by atoms with Gasteiger partial charge in [-0.15, -0.1) is 0 Å². The van der Waals surface area contributed by atoms with Crippen molar-refractivity contribution in [3.05, 3.63) is 47.3 Å². The predicted molar refractivity (Wildman–Crippen MR) is 83.7 cm³/mol. The Morgan fingerprint density at radius 1 is 1.29 bits per heavy atom. The van der Waals surface area contributed by atoms with Crippen molar-refractivity contribution in [2.75, 3.05) is 19.8 Å². The van der Waals surface area contributed by atoms with Crippen LogP contribution >= 0.6 is 0 Å². The van der Waals surface area contributed by atoms with Gasteiger partial charge in [0.25, 0.3) is 0 Å². The zero-order valence-electron chi connectivity index (χ0n) is 12.8. The maximum Gasteiger partial charge on any atom is 0.0648 e. The van der Waals surface area contributed by atoms with Crippen molar-refractivity contribution in [3.8, 4) is 5.69 Å². The number of aromatic nitrogens is 2. The van der Waals surface area contributed by atoms with Crippen LogP contribution in [0.5, 0.6) is 0 Å². The molecule has 1 aliphatic rings. The molecule has 0 bridgehead atoms. The Kier molecular flexibility index (Phi) is 4.36. The first-order valence-electron chi connectivity index (χ1n) is 7.64. The Morgan fingerprint density at radius 2 is 2.10 bits per heavy atom. The SMILES string of the molecule is Cc1nn(-c2ccccc2)c(C)c1CNCC1CCOC1. The molecule has 1 saturated heterocycles. The highest BCUT2D eigenvalue weighted by atomic mass is 16.5. The van der Waals surface area contributed by atoms with Gasteiger partial charge in [0.05, 0.1) is 18.0 Å². The van der Waals surface area contributed by atoms with Crippen LogP contribution in [0.1, 0.15) is 23.4 Å². The summed E-state index contributed by atoms with van der Waals surface area (Å²) < 4.78 is 7.45. The molecule has 2 heterocycles. The van der Waals surface area contributed by atoms with E-state index in [0.717, 1.165) is 37.7 Å². The van der Waals surface area contributed by atoms with Crippen molar-refractivity contribution in [2.24, 2.45) is 5.92 Å². The van der Waals surface area contributed by atoms with Crippen molar-refractivity contribution in [1.82, 2.24) is 15.1 Å². The minimum atomic E-state index is 0.662. The number of rotatable bonds is 5. The molecular formula is C17H23N3O. The first-order chi connectivity index (χ1) is 10.3. The molecule has 1 N–H and O–H groups in total. The summed E-state index contributed by atoms with van der Waals surface area (Å²) in [5.74, 6) is 0.662. The van der Waals surface area contributed by atoms with Crippen LogP contribution < -0.4 is 5.32 Å². The van der Waals surface area contributed by atoms with Crippen molar-refractivity contribution in [3.63, 3.8) is 0 Å². The smallest absolute Gasteiger partial charge is 0.0648 e. The summed E-state index contributed by atoms with van der Waals surface area (Å²) in [6.07, 6.45) is 1.17. The lowest BCUT2D eigenvalue weighted by molar-refractivity contribution is 0.185. The van der Waals surface area contributed by atoms with Crippen LogP contribution in [0.3, 0.4) is 0 Å². The van der Waals surface area contributed by atoms with Crippen molar-refractivity contribution in [1.29, 1.82) is 0 Å². The van der Waals surface area contributed by atoms with E-state index in [-0.39, 0.29) is 0 Å². The molecule has 0 spiro atoms. The molecule has 0 saturated carbocycles. The minimum Gasteiger partial charge on any atom is -0.381 e. The normalized spacial score (nSPS) is 18.3. The molecule has 4 nitrogen and oxygen atoms in total. The van der Waals surface area contributed by atoms with Crippen LogP contribution in [0.2, 0.25) is 0 Å². The summed E-state index contributed by atoms with van der Waals surface area (Å²) in [6.45, 7) is 7.94. The molecule has 3 rings (SSSR count). The van der Waals surface area contributed by atoms with E-state index in [1.165, 1.54) is 17.7 Å². The fourth-order valence-corrected chi connectivity index (χ4v) is 2.90. The van der Waals surface area contributed by atoms with Gasteiger partial charge in [-0.2, -0.15) is 5.10 Å². The number of ether oxygens (including phenoxy) is 1. The van der Waals surface area contributed by atoms with E-state index >= 15 is 0 Å². The van der Waals surface area contributed by atoms with E-state index in [2.05, 4.69) is 36.4 Å². The highest BCUT2D eigenvalue weighted by Crippen LogP contribution is 2.18. The molecule has 4 heteroatoms. The first kappa shape index (κ1) is 14.3. The van der Waals surface area contributed by atoms with Gasteiger partial charge in [-0.05, 0) is 38.3 Å². The number of nitrogens with zero attached hydrogens (tertiary/aromatic N) is 2. The second kappa shape index (κ2) is 6.41. The standard InChI is InChI=1S/C17H23N3O/c1-13-17(11-18-10-15-8-9-21-12-15)14(2)20(19-13)16-6-4-3-5-7-16/h3-7,15,18H,8-12H2,1-2H3. The minimum absolute atomic E-state index is 0.662. The van der Waals surface area contributed by atoms with E-state index in [9.17, 15) is 0 Å². The average Bonchev–Trinajstić information content (AvgIpc) is 3.11. The van der Waals surface area contributed by atoms with Gasteiger partial charge in [0.2, 0.25) is 0 Å². The second-order valence-electron chi connectivity index (χ2n) is 5.76. The van der Waals surface area contributed by atoms with E-state index in [1.807, 2.05) is 22.9 Å². The lowest BCUT2D eigenvalue weighted by Crippen LogP contribution is -2.23. The topological polar surface area (TPSA) is 39.1 Å². The van der Waals surface area contributed by atoms with Gasteiger partial charge in [0.1, 0.15) is 0 Å². The monoisotopic (exact) mass is 285 g/mol. The third-order valence-electron chi connectivity index (χ3n) is 4.20. The maximum absolute atomic E-state index is 5.41. The molecule has 112 valence electrons. The Balaban J connectivity index is 1.69. The van der Waals surface area contributed by atoms with Crippen LogP contribution in [-0.4, -0.2) is 29.5 Å². The van der Waals surface area contributed by atoms with Crippen LogP contribution in [0.15, 0.2) is 30.3 Å². The van der Waals surface area contributed by atoms with Crippen molar-refractivity contribution < 1.29 is 4.74 Å². The fourth-order valence-electron chi connectivity index (χ4n) is 2.90. The van der Waals surface area contributed by atoms with Gasteiger partial charge < -0.3 is 10.1 Å². The summed E-state index contributed by atoms with van der Waals surface area (Å²) in [5.41, 5.74) is 4.74. The second-order valence-corrected chi connectivity index (χ2v) is 5.76. The van der Waals surface area contributed by atoms with Gasteiger partial charge in [-0.1, -0.05) is 18.2 Å². The summed E-state index contributed by atoms with van der Waals surface area (Å²) in [4.78, 5) is 0. The van der Waals surface area contributed by atoms with Gasteiger partial charge in [0.15, 0.2) is 0 Å². The van der Waals surface area contributed by atoms with Gasteiger partial charge >= 0.3 is 0 Å². The number of para-hydroxylation sites is 1. The molecule has 1 unspecified atom stereocenters. The number of hydrogen-bond acceptors (Lipinski definition) is 3. The Bertz CT molecular complexity index is 586. The van der Waals surface area contributed by atoms with E-state index < -0.39 is 0 Å². The largest absolute Gasteiger partial charge is 0.381 e. The zero-order chi connectivity index (χ0) is 14.7. The number of nitrogens with one attached hydrogen (secondary N) is 1. The van der Waals surface area contributed by atoms with Crippen LogP contribution in [0, 0.1) is 19.8 Å². The predicted octanol–water partition coefficient (Wildman–Crippen LogP) is 2.62. The molecule has 0 radical (unpaired) electrons. The Labute approximate surface area is 126 Å². The lowest BCUT2D eigenvalue weighted by Gasteiger charge is -2.10. The van der Waals surface area contributed by atoms with E-state index in [1.54, 1.807) is 0 Å². The highest BCUT2D eigenvalue weighted by Gasteiger charge is 2.16. The van der Waals surface area contributed by atoms with Crippen molar-refractivity contribution >= 4 is 0 Å². The molecule has 2 aromatic rings. The van der Waals surface area contributed by atoms with Gasteiger partial charge in [-0.3, -0.25) is 0 Å². The Hall–Kier alpha value is -1.65.